The van der Waals surface area contributed by atoms with E-state index in [2.05, 4.69) is 4.98 Å². The molecule has 5 rings (SSSR count). The van der Waals surface area contributed by atoms with E-state index in [1.165, 1.54) is 40.5 Å². The summed E-state index contributed by atoms with van der Waals surface area (Å²) < 4.78 is 20.2. The largest absolute Gasteiger partial charge is 0.507 e. The molecule has 1 aliphatic rings. The molecule has 1 fully saturated rings. The number of carbonyl (C=O) groups is 2. The Morgan fingerprint density at radius 1 is 1.11 bits per heavy atom. The Hall–Kier alpha value is -4.04. The summed E-state index contributed by atoms with van der Waals surface area (Å²) in [4.78, 5) is 32.7. The van der Waals surface area contributed by atoms with Crippen LogP contribution in [-0.4, -0.2) is 28.4 Å². The maximum atomic E-state index is 13.5. The molecule has 1 aliphatic heterocycles. The number of Topliss-reactive ketones (excluding diaryl/α,β-unsaturated/α-hetero) is 1. The standard InChI is InChI=1S/C28H23FN2O4S/c1-3-13-35-20-6-4-5-18(15-20)24-23(25(32)17-8-10-19(29)11-9-17)26(33)27(34)31(24)28-30-21-12-7-16(2)14-22(21)36-28/h4-12,14-15,24,32H,3,13H2,1-2H3/t24-/m1/s1. The highest BCUT2D eigenvalue weighted by Crippen LogP contribution is 2.44. The molecule has 0 unspecified atom stereocenters. The number of anilines is 1. The highest BCUT2D eigenvalue weighted by Gasteiger charge is 2.48. The van der Waals surface area contributed by atoms with Crippen LogP contribution in [0.5, 0.6) is 5.75 Å². The number of aryl methyl sites for hydroxylation is 1. The second kappa shape index (κ2) is 9.54. The number of amides is 1. The summed E-state index contributed by atoms with van der Waals surface area (Å²) in [6, 6.07) is 17.1. The first kappa shape index (κ1) is 23.7. The Morgan fingerprint density at radius 3 is 2.64 bits per heavy atom. The fourth-order valence-corrected chi connectivity index (χ4v) is 5.32. The van der Waals surface area contributed by atoms with E-state index < -0.39 is 23.5 Å². The monoisotopic (exact) mass is 502 g/mol. The summed E-state index contributed by atoms with van der Waals surface area (Å²) in [5.74, 6) is -1.90. The predicted molar refractivity (Wildman–Crippen MR) is 138 cm³/mol. The van der Waals surface area contributed by atoms with Crippen LogP contribution in [0.25, 0.3) is 16.0 Å². The third-order valence-corrected chi connectivity index (χ3v) is 6.96. The lowest BCUT2D eigenvalue weighted by Gasteiger charge is -2.23. The van der Waals surface area contributed by atoms with Gasteiger partial charge in [0, 0.05) is 5.56 Å². The number of aromatic nitrogens is 1. The summed E-state index contributed by atoms with van der Waals surface area (Å²) in [6.07, 6.45) is 0.818. The zero-order chi connectivity index (χ0) is 25.4. The van der Waals surface area contributed by atoms with Crippen LogP contribution in [0.3, 0.4) is 0 Å². The van der Waals surface area contributed by atoms with Gasteiger partial charge in [0.05, 0.1) is 28.4 Å². The lowest BCUT2D eigenvalue weighted by molar-refractivity contribution is -0.132. The van der Waals surface area contributed by atoms with Crippen molar-refractivity contribution in [3.8, 4) is 5.75 Å². The number of ketones is 1. The number of halogens is 1. The molecule has 0 saturated carbocycles. The van der Waals surface area contributed by atoms with E-state index in [-0.39, 0.29) is 16.9 Å². The van der Waals surface area contributed by atoms with Gasteiger partial charge in [-0.1, -0.05) is 36.5 Å². The molecular formula is C28H23FN2O4S. The Kier molecular flexibility index (Phi) is 6.28. The van der Waals surface area contributed by atoms with Gasteiger partial charge in [-0.3, -0.25) is 14.5 Å². The number of benzene rings is 3. The van der Waals surface area contributed by atoms with Crippen LogP contribution in [-0.2, 0) is 9.59 Å². The normalized spacial score (nSPS) is 17.2. The van der Waals surface area contributed by atoms with E-state index in [0.29, 0.717) is 28.6 Å². The van der Waals surface area contributed by atoms with Gasteiger partial charge >= 0.3 is 5.91 Å². The Labute approximate surface area is 211 Å². The van der Waals surface area contributed by atoms with Crippen molar-refractivity contribution in [1.82, 2.24) is 4.98 Å². The highest BCUT2D eigenvalue weighted by atomic mass is 32.1. The van der Waals surface area contributed by atoms with E-state index in [1.54, 1.807) is 24.3 Å². The highest BCUT2D eigenvalue weighted by molar-refractivity contribution is 7.22. The maximum absolute atomic E-state index is 13.5. The molecule has 0 aliphatic carbocycles. The number of nitrogens with zero attached hydrogens (tertiary/aromatic N) is 2. The third-order valence-electron chi connectivity index (χ3n) is 5.95. The number of fused-ring (bicyclic) bond motifs is 1. The van der Waals surface area contributed by atoms with Crippen molar-refractivity contribution in [2.75, 3.05) is 11.5 Å². The number of hydrogen-bond acceptors (Lipinski definition) is 6. The predicted octanol–water partition coefficient (Wildman–Crippen LogP) is 6.16. The van der Waals surface area contributed by atoms with Crippen molar-refractivity contribution in [3.63, 3.8) is 0 Å². The number of aliphatic hydroxyl groups is 1. The summed E-state index contributed by atoms with van der Waals surface area (Å²) in [7, 11) is 0. The molecule has 6 nitrogen and oxygen atoms in total. The fraction of sp³-hybridized carbons (Fsp3) is 0.179. The molecule has 8 heteroatoms. The average molecular weight is 503 g/mol. The Morgan fingerprint density at radius 2 is 1.89 bits per heavy atom. The Balaban J connectivity index is 1.70. The van der Waals surface area contributed by atoms with Crippen LogP contribution in [0.1, 0.15) is 36.1 Å². The van der Waals surface area contributed by atoms with Gasteiger partial charge in [0.25, 0.3) is 5.78 Å². The fourth-order valence-electron chi connectivity index (χ4n) is 4.23. The number of rotatable bonds is 6. The number of ether oxygens (including phenoxy) is 1. The van der Waals surface area contributed by atoms with Gasteiger partial charge in [-0.15, -0.1) is 0 Å². The minimum absolute atomic E-state index is 0.0883. The molecule has 36 heavy (non-hydrogen) atoms. The van der Waals surface area contributed by atoms with Gasteiger partial charge in [0.2, 0.25) is 0 Å². The molecule has 1 saturated heterocycles. The number of aliphatic hydroxyl groups excluding tert-OH is 1. The number of hydrogen-bond donors (Lipinski definition) is 1. The molecule has 1 amide bonds. The van der Waals surface area contributed by atoms with E-state index in [4.69, 9.17) is 4.74 Å². The summed E-state index contributed by atoms with van der Waals surface area (Å²) in [6.45, 7) is 4.47. The smallest absolute Gasteiger partial charge is 0.301 e. The van der Waals surface area contributed by atoms with Crippen LogP contribution >= 0.6 is 11.3 Å². The van der Waals surface area contributed by atoms with Gasteiger partial charge in [0.15, 0.2) is 5.13 Å². The molecule has 182 valence electrons. The number of thiazole rings is 1. The van der Waals surface area contributed by atoms with Crippen LogP contribution in [0.2, 0.25) is 0 Å². The molecule has 0 radical (unpaired) electrons. The van der Waals surface area contributed by atoms with Crippen LogP contribution in [0, 0.1) is 12.7 Å². The molecule has 4 aromatic rings. The molecule has 3 aromatic carbocycles. The molecule has 2 heterocycles. The van der Waals surface area contributed by atoms with Crippen molar-refractivity contribution in [2.24, 2.45) is 0 Å². The first-order chi connectivity index (χ1) is 17.4. The topological polar surface area (TPSA) is 79.7 Å². The van der Waals surface area contributed by atoms with Gasteiger partial charge in [0.1, 0.15) is 17.3 Å². The summed E-state index contributed by atoms with van der Waals surface area (Å²) in [5, 5.41) is 11.5. The maximum Gasteiger partial charge on any atom is 0.301 e. The van der Waals surface area contributed by atoms with Crippen molar-refractivity contribution < 1.29 is 23.8 Å². The number of carbonyl (C=O) groups excluding carboxylic acids is 2. The third kappa shape index (κ3) is 4.24. The van der Waals surface area contributed by atoms with Gasteiger partial charge in [-0.25, -0.2) is 9.37 Å². The minimum atomic E-state index is -0.943. The second-order valence-electron chi connectivity index (χ2n) is 8.56. The second-order valence-corrected chi connectivity index (χ2v) is 9.57. The average Bonchev–Trinajstić information content (AvgIpc) is 3.40. The van der Waals surface area contributed by atoms with E-state index in [0.717, 1.165) is 16.7 Å². The summed E-state index contributed by atoms with van der Waals surface area (Å²) in [5.41, 5.74) is 2.49. The van der Waals surface area contributed by atoms with E-state index in [9.17, 15) is 19.1 Å². The van der Waals surface area contributed by atoms with Crippen molar-refractivity contribution in [2.45, 2.75) is 26.3 Å². The lowest BCUT2D eigenvalue weighted by atomic mass is 9.95. The SMILES string of the molecule is CCCOc1cccc([C@@H]2C(=C(O)c3ccc(F)cc3)C(=O)C(=O)N2c2nc3ccc(C)cc3s2)c1. The van der Waals surface area contributed by atoms with Crippen LogP contribution < -0.4 is 9.64 Å². The zero-order valence-electron chi connectivity index (χ0n) is 19.7. The first-order valence-electron chi connectivity index (χ1n) is 11.5. The minimum Gasteiger partial charge on any atom is -0.507 e. The molecule has 1 aromatic heterocycles. The molecule has 0 spiro atoms. The van der Waals surface area contributed by atoms with Crippen molar-refractivity contribution in [1.29, 1.82) is 0 Å². The van der Waals surface area contributed by atoms with Gasteiger partial charge in [-0.2, -0.15) is 0 Å². The van der Waals surface area contributed by atoms with E-state index >= 15 is 0 Å². The molecule has 1 N–H and O–H groups in total. The van der Waals surface area contributed by atoms with Gasteiger partial charge < -0.3 is 9.84 Å². The zero-order valence-corrected chi connectivity index (χ0v) is 20.5. The molecule has 0 bridgehead atoms. The lowest BCUT2D eigenvalue weighted by Crippen LogP contribution is -2.29. The van der Waals surface area contributed by atoms with Crippen molar-refractivity contribution in [3.05, 3.63) is 94.8 Å². The first-order valence-corrected chi connectivity index (χ1v) is 12.4. The van der Waals surface area contributed by atoms with Crippen LogP contribution in [0.15, 0.2) is 72.3 Å². The summed E-state index contributed by atoms with van der Waals surface area (Å²) >= 11 is 1.30. The Bertz CT molecular complexity index is 1510. The van der Waals surface area contributed by atoms with E-state index in [1.807, 2.05) is 32.0 Å². The molecular weight excluding hydrogens is 479 g/mol. The van der Waals surface area contributed by atoms with Gasteiger partial charge in [-0.05, 0) is 73.0 Å². The van der Waals surface area contributed by atoms with Crippen molar-refractivity contribution >= 4 is 44.1 Å². The molecule has 1 atom stereocenters. The quantitative estimate of drug-likeness (QED) is 0.194. The van der Waals surface area contributed by atoms with Crippen LogP contribution in [0.4, 0.5) is 9.52 Å².